The number of rotatable bonds is 6. The standard InChI is InChI=1S/C14H25N3O2/c1-15-14(13(18)19,11-2-3-11)10-16-6-8-17(9-7-16)12-4-5-12/h11-12,15H,2-10H2,1H3,(H,18,19). The zero-order chi connectivity index (χ0) is 13.5. The van der Waals surface area contributed by atoms with Crippen molar-refractivity contribution in [1.82, 2.24) is 15.1 Å². The Morgan fingerprint density at radius 1 is 1.21 bits per heavy atom. The highest BCUT2D eigenvalue weighted by molar-refractivity contribution is 5.80. The van der Waals surface area contributed by atoms with Gasteiger partial charge in [0.05, 0.1) is 0 Å². The molecule has 2 aliphatic carbocycles. The van der Waals surface area contributed by atoms with Crippen LogP contribution in [-0.4, -0.2) is 72.2 Å². The van der Waals surface area contributed by atoms with Gasteiger partial charge in [-0.05, 0) is 38.6 Å². The fourth-order valence-corrected chi connectivity index (χ4v) is 3.42. The first-order chi connectivity index (χ1) is 9.15. The molecule has 0 aromatic rings. The van der Waals surface area contributed by atoms with Gasteiger partial charge in [-0.2, -0.15) is 0 Å². The van der Waals surface area contributed by atoms with Crippen molar-refractivity contribution in [3.63, 3.8) is 0 Å². The summed E-state index contributed by atoms with van der Waals surface area (Å²) in [6, 6.07) is 0.833. The number of carbonyl (C=O) groups is 1. The number of nitrogens with zero attached hydrogens (tertiary/aromatic N) is 2. The van der Waals surface area contributed by atoms with Gasteiger partial charge < -0.3 is 10.4 Å². The first-order valence-electron chi connectivity index (χ1n) is 7.54. The molecule has 0 aromatic heterocycles. The summed E-state index contributed by atoms with van der Waals surface area (Å²) in [4.78, 5) is 16.6. The van der Waals surface area contributed by atoms with Crippen molar-refractivity contribution < 1.29 is 9.90 Å². The van der Waals surface area contributed by atoms with Gasteiger partial charge in [0.2, 0.25) is 0 Å². The third-order valence-electron chi connectivity index (χ3n) is 5.05. The summed E-state index contributed by atoms with van der Waals surface area (Å²) in [7, 11) is 1.80. The van der Waals surface area contributed by atoms with E-state index in [2.05, 4.69) is 15.1 Å². The molecule has 1 saturated heterocycles. The van der Waals surface area contributed by atoms with Gasteiger partial charge in [-0.15, -0.1) is 0 Å². The predicted octanol–water partition coefficient (Wildman–Crippen LogP) is 0.219. The van der Waals surface area contributed by atoms with Crippen molar-refractivity contribution in [2.45, 2.75) is 37.3 Å². The average molecular weight is 267 g/mol. The van der Waals surface area contributed by atoms with Crippen molar-refractivity contribution in [2.24, 2.45) is 5.92 Å². The lowest BCUT2D eigenvalue weighted by atomic mass is 9.92. The third-order valence-corrected chi connectivity index (χ3v) is 5.05. The summed E-state index contributed by atoms with van der Waals surface area (Å²) >= 11 is 0. The number of carboxylic acids is 1. The van der Waals surface area contributed by atoms with Crippen LogP contribution >= 0.6 is 0 Å². The van der Waals surface area contributed by atoms with E-state index in [1.807, 2.05) is 0 Å². The monoisotopic (exact) mass is 267 g/mol. The van der Waals surface area contributed by atoms with Crippen LogP contribution in [0.25, 0.3) is 0 Å². The maximum absolute atomic E-state index is 11.7. The minimum Gasteiger partial charge on any atom is -0.480 e. The topological polar surface area (TPSA) is 55.8 Å². The second-order valence-corrected chi connectivity index (χ2v) is 6.34. The van der Waals surface area contributed by atoms with E-state index >= 15 is 0 Å². The van der Waals surface area contributed by atoms with E-state index < -0.39 is 11.5 Å². The lowest BCUT2D eigenvalue weighted by Crippen LogP contribution is -2.62. The van der Waals surface area contributed by atoms with Crippen LogP contribution in [0.1, 0.15) is 25.7 Å². The van der Waals surface area contributed by atoms with Gasteiger partial charge in [0, 0.05) is 38.8 Å². The van der Waals surface area contributed by atoms with E-state index in [9.17, 15) is 9.90 Å². The van der Waals surface area contributed by atoms with Gasteiger partial charge in [-0.25, -0.2) is 0 Å². The summed E-state index contributed by atoms with van der Waals surface area (Å²) in [6.07, 6.45) is 4.82. The van der Waals surface area contributed by atoms with Crippen LogP contribution in [0.3, 0.4) is 0 Å². The van der Waals surface area contributed by atoms with Crippen molar-refractivity contribution in [3.05, 3.63) is 0 Å². The Morgan fingerprint density at radius 3 is 2.26 bits per heavy atom. The maximum Gasteiger partial charge on any atom is 0.325 e. The van der Waals surface area contributed by atoms with E-state index in [-0.39, 0.29) is 0 Å². The molecule has 2 saturated carbocycles. The van der Waals surface area contributed by atoms with E-state index in [0.29, 0.717) is 12.5 Å². The molecular weight excluding hydrogens is 242 g/mol. The van der Waals surface area contributed by atoms with Gasteiger partial charge in [0.15, 0.2) is 0 Å². The Morgan fingerprint density at radius 2 is 1.84 bits per heavy atom. The van der Waals surface area contributed by atoms with E-state index in [1.54, 1.807) is 7.05 Å². The smallest absolute Gasteiger partial charge is 0.325 e. The predicted molar refractivity (Wildman–Crippen MR) is 73.2 cm³/mol. The SMILES string of the molecule is CNC(CN1CCN(C2CC2)CC1)(C(=O)O)C1CC1. The minimum absolute atomic E-state index is 0.316. The Kier molecular flexibility index (Phi) is 3.53. The summed E-state index contributed by atoms with van der Waals surface area (Å²) in [6.45, 7) is 4.89. The number of piperazine rings is 1. The van der Waals surface area contributed by atoms with Gasteiger partial charge in [0.25, 0.3) is 0 Å². The van der Waals surface area contributed by atoms with E-state index in [0.717, 1.165) is 45.1 Å². The molecule has 19 heavy (non-hydrogen) atoms. The summed E-state index contributed by atoms with van der Waals surface area (Å²) in [5.41, 5.74) is -0.720. The molecule has 0 radical (unpaired) electrons. The molecule has 1 heterocycles. The Hall–Kier alpha value is -0.650. The second-order valence-electron chi connectivity index (χ2n) is 6.34. The lowest BCUT2D eigenvalue weighted by Gasteiger charge is -2.40. The number of carboxylic acid groups (broad SMARTS) is 1. The number of hydrogen-bond acceptors (Lipinski definition) is 4. The lowest BCUT2D eigenvalue weighted by molar-refractivity contribution is -0.147. The molecule has 1 unspecified atom stereocenters. The van der Waals surface area contributed by atoms with Crippen LogP contribution in [0.4, 0.5) is 0 Å². The summed E-state index contributed by atoms with van der Waals surface area (Å²) < 4.78 is 0. The van der Waals surface area contributed by atoms with Crippen molar-refractivity contribution in [3.8, 4) is 0 Å². The molecule has 108 valence electrons. The largest absolute Gasteiger partial charge is 0.480 e. The van der Waals surface area contributed by atoms with Crippen LogP contribution < -0.4 is 5.32 Å². The summed E-state index contributed by atoms with van der Waals surface area (Å²) in [5, 5.41) is 12.7. The average Bonchev–Trinajstić information content (AvgIpc) is 3.29. The molecule has 3 rings (SSSR count). The van der Waals surface area contributed by atoms with E-state index in [4.69, 9.17) is 0 Å². The first-order valence-corrected chi connectivity index (χ1v) is 7.54. The highest BCUT2D eigenvalue weighted by Crippen LogP contribution is 2.40. The van der Waals surface area contributed by atoms with Crippen LogP contribution in [0.15, 0.2) is 0 Å². The van der Waals surface area contributed by atoms with Crippen LogP contribution in [0.2, 0.25) is 0 Å². The molecule has 0 bridgehead atoms. The zero-order valence-corrected chi connectivity index (χ0v) is 11.8. The van der Waals surface area contributed by atoms with Crippen LogP contribution in [0, 0.1) is 5.92 Å². The molecule has 3 aliphatic rings. The normalized spacial score (nSPS) is 29.1. The minimum atomic E-state index is -0.720. The number of hydrogen-bond donors (Lipinski definition) is 2. The third kappa shape index (κ3) is 2.64. The molecule has 3 fully saturated rings. The molecular formula is C14H25N3O2. The first kappa shape index (κ1) is 13.3. The van der Waals surface area contributed by atoms with Gasteiger partial charge in [-0.3, -0.25) is 14.6 Å². The van der Waals surface area contributed by atoms with Crippen molar-refractivity contribution in [1.29, 1.82) is 0 Å². The molecule has 2 N–H and O–H groups in total. The van der Waals surface area contributed by atoms with Gasteiger partial charge >= 0.3 is 5.97 Å². The Bertz CT molecular complexity index is 347. The van der Waals surface area contributed by atoms with Crippen LogP contribution in [0.5, 0.6) is 0 Å². The number of nitrogens with one attached hydrogen (secondary N) is 1. The maximum atomic E-state index is 11.7. The van der Waals surface area contributed by atoms with Gasteiger partial charge in [-0.1, -0.05) is 0 Å². The van der Waals surface area contributed by atoms with Crippen molar-refractivity contribution in [2.75, 3.05) is 39.8 Å². The molecule has 0 amide bonds. The molecule has 0 aromatic carbocycles. The van der Waals surface area contributed by atoms with Gasteiger partial charge in [0.1, 0.15) is 5.54 Å². The van der Waals surface area contributed by atoms with Crippen LogP contribution in [-0.2, 0) is 4.79 Å². The number of likely N-dealkylation sites (N-methyl/N-ethyl adjacent to an activating group) is 1. The molecule has 1 atom stereocenters. The molecule has 1 aliphatic heterocycles. The highest BCUT2D eigenvalue weighted by atomic mass is 16.4. The number of aliphatic carboxylic acids is 1. The quantitative estimate of drug-likeness (QED) is 0.721. The Labute approximate surface area is 114 Å². The van der Waals surface area contributed by atoms with E-state index in [1.165, 1.54) is 12.8 Å². The molecule has 0 spiro atoms. The zero-order valence-electron chi connectivity index (χ0n) is 11.8. The fourth-order valence-electron chi connectivity index (χ4n) is 3.42. The summed E-state index contributed by atoms with van der Waals surface area (Å²) in [5.74, 6) is -0.362. The molecule has 5 heteroatoms. The van der Waals surface area contributed by atoms with Crippen molar-refractivity contribution >= 4 is 5.97 Å². The molecule has 5 nitrogen and oxygen atoms in total. The highest BCUT2D eigenvalue weighted by Gasteiger charge is 2.51. The second kappa shape index (κ2) is 5.04. The fraction of sp³-hybridized carbons (Fsp3) is 0.929. The Balaban J connectivity index is 1.58.